The summed E-state index contributed by atoms with van der Waals surface area (Å²) in [6.07, 6.45) is 3.09. The number of carboxylic acid groups (broad SMARTS) is 1. The number of guanidine groups is 2. The maximum absolute atomic E-state index is 14.8. The molecule has 746 valence electrons. The van der Waals surface area contributed by atoms with Crippen molar-refractivity contribution in [3.63, 3.8) is 0 Å². The number of carboxylic acids is 1. The molecule has 0 radical (unpaired) electrons. The van der Waals surface area contributed by atoms with Crippen molar-refractivity contribution in [3.05, 3.63) is 18.2 Å². The van der Waals surface area contributed by atoms with Gasteiger partial charge in [-0.3, -0.25) is 101 Å². The van der Waals surface area contributed by atoms with Crippen molar-refractivity contribution in [2.24, 2.45) is 91.2 Å². The van der Waals surface area contributed by atoms with Gasteiger partial charge in [-0.25, -0.2) is 4.98 Å². The molecule has 0 spiro atoms. The van der Waals surface area contributed by atoms with E-state index in [4.69, 9.17) is 51.6 Å². The maximum Gasteiger partial charge on any atom is 0.325 e. The molecule has 18 amide bonds. The smallest absolute Gasteiger partial charge is 0.325 e. The first-order valence-corrected chi connectivity index (χ1v) is 44.2. The summed E-state index contributed by atoms with van der Waals surface area (Å²) in [5.74, 6) is -23.1. The number of aromatic nitrogens is 2. The summed E-state index contributed by atoms with van der Waals surface area (Å²) in [5.41, 5.74) is 50.5. The molecule has 0 unspecified atom stereocenters. The molecular formula is C81H145N29O22. The number of aromatic amines is 1. The van der Waals surface area contributed by atoms with Crippen LogP contribution in [0.3, 0.4) is 0 Å². The van der Waals surface area contributed by atoms with Crippen LogP contribution in [0.4, 0.5) is 0 Å². The van der Waals surface area contributed by atoms with E-state index in [1.165, 1.54) is 26.4 Å². The second-order valence-corrected chi connectivity index (χ2v) is 33.0. The number of hydrogen-bond acceptors (Lipinski definition) is 27. The number of nitrogens with zero attached hydrogens (tertiary/aromatic N) is 3. The Labute approximate surface area is 766 Å². The zero-order valence-corrected chi connectivity index (χ0v) is 77.2. The number of aliphatic imine (C=N–C) groups is 2. The number of nitrogens with one attached hydrogen (secondary N) is 17. The number of hydrogen-bond donors (Lipinski definition) is 29. The number of nitrogens with two attached hydrogens (primary N) is 9. The first kappa shape index (κ1) is 117. The van der Waals surface area contributed by atoms with E-state index in [0.717, 1.165) is 6.92 Å². The number of aliphatic hydroxyl groups excluding tert-OH is 2. The van der Waals surface area contributed by atoms with Crippen LogP contribution in [0.15, 0.2) is 22.5 Å². The van der Waals surface area contributed by atoms with Crippen molar-refractivity contribution < 1.29 is 106 Å². The van der Waals surface area contributed by atoms with Gasteiger partial charge in [0.25, 0.3) is 0 Å². The first-order chi connectivity index (χ1) is 62.1. The van der Waals surface area contributed by atoms with Crippen LogP contribution in [0, 0.1) is 29.6 Å². The lowest BCUT2D eigenvalue weighted by Crippen LogP contribution is -2.62. The minimum absolute atomic E-state index is 0.0318. The highest BCUT2D eigenvalue weighted by Gasteiger charge is 2.41. The summed E-state index contributed by atoms with van der Waals surface area (Å²) in [5, 5.41) is 69.7. The molecule has 1 aromatic heterocycles. The van der Waals surface area contributed by atoms with Crippen molar-refractivity contribution in [3.8, 4) is 0 Å². The van der Waals surface area contributed by atoms with Gasteiger partial charge in [-0.2, -0.15) is 0 Å². The van der Waals surface area contributed by atoms with E-state index in [2.05, 4.69) is 105 Å². The van der Waals surface area contributed by atoms with Gasteiger partial charge in [-0.05, 0) is 120 Å². The molecule has 0 aliphatic carbocycles. The molecule has 0 bridgehead atoms. The molecular weight excluding hydrogens is 1730 g/mol. The van der Waals surface area contributed by atoms with Gasteiger partial charge < -0.3 is 157 Å². The number of primary amides is 2. The Hall–Kier alpha value is -12.5. The zero-order valence-electron chi connectivity index (χ0n) is 77.2. The van der Waals surface area contributed by atoms with Gasteiger partial charge in [0, 0.05) is 37.8 Å². The molecule has 38 N–H and O–H groups in total. The Morgan fingerprint density at radius 1 is 0.394 bits per heavy atom. The van der Waals surface area contributed by atoms with Gasteiger partial charge in [0.05, 0.1) is 45.1 Å². The third-order valence-corrected chi connectivity index (χ3v) is 21.2. The van der Waals surface area contributed by atoms with Gasteiger partial charge in [0.1, 0.15) is 84.6 Å². The molecule has 0 fully saturated rings. The van der Waals surface area contributed by atoms with E-state index >= 15 is 0 Å². The Kier molecular flexibility index (Phi) is 55.8. The molecule has 0 saturated carbocycles. The highest BCUT2D eigenvalue weighted by atomic mass is 16.4. The van der Waals surface area contributed by atoms with Crippen LogP contribution < -0.4 is 137 Å². The van der Waals surface area contributed by atoms with E-state index in [0.29, 0.717) is 45.2 Å². The second-order valence-electron chi connectivity index (χ2n) is 33.0. The number of aliphatic carboxylic acids is 1. The SMILES string of the molecule is CC[C@H](C)[C@H](NC(=O)[C@H](Cc1cnc[nH]1)NC(=O)[C@H](CC(C)C)NC(=O)[C@H](CCCN=C(N)N)NC(=O)CNC(=O)[C@@H](NC(=O)[C@@H](NC(=O)[C@H](CO)NC(=O)[C@@H](NC(=O)[C@H](CO)NC(=O)CNC(=O)[C@H](CCCCN)NC(=O)[C@@H](N)CCCCN)C(C)C)[C@@H](C)CC)[C@@H](C)CC)C(=O)N[C@@H](CC(N)=O)C(=O)N[C@@H](CCC(N)=O)C(=O)N[C@@H](CCCN=C(N)N)C(=O)N[C@@H](C)C(=O)O. The van der Waals surface area contributed by atoms with E-state index < -0.39 is 272 Å². The van der Waals surface area contributed by atoms with Crippen LogP contribution >= 0.6 is 0 Å². The molecule has 0 aliphatic heterocycles. The molecule has 0 aliphatic rings. The van der Waals surface area contributed by atoms with Crippen LogP contribution in [0.25, 0.3) is 0 Å². The van der Waals surface area contributed by atoms with Crippen LogP contribution in [0.2, 0.25) is 0 Å². The lowest BCUT2D eigenvalue weighted by Gasteiger charge is -2.30. The Morgan fingerprint density at radius 3 is 1.21 bits per heavy atom. The third-order valence-electron chi connectivity index (χ3n) is 21.2. The van der Waals surface area contributed by atoms with E-state index in [1.807, 2.05) is 0 Å². The number of H-pyrrole nitrogens is 1. The number of carbonyl (C=O) groups excluding carboxylic acids is 18. The molecule has 132 heavy (non-hydrogen) atoms. The number of amides is 18. The monoisotopic (exact) mass is 1880 g/mol. The number of unbranched alkanes of at least 4 members (excludes halogenated alkanes) is 2. The summed E-state index contributed by atoms with van der Waals surface area (Å²) in [7, 11) is 0. The highest BCUT2D eigenvalue weighted by molar-refractivity contribution is 6.02. The first-order valence-electron chi connectivity index (χ1n) is 44.2. The fourth-order valence-electron chi connectivity index (χ4n) is 12.8. The zero-order chi connectivity index (χ0) is 100. The topological polar surface area (TPSA) is 865 Å². The highest BCUT2D eigenvalue weighted by Crippen LogP contribution is 2.17. The van der Waals surface area contributed by atoms with Gasteiger partial charge in [0.2, 0.25) is 106 Å². The maximum atomic E-state index is 14.8. The lowest BCUT2D eigenvalue weighted by atomic mass is 9.94. The predicted octanol–water partition coefficient (Wildman–Crippen LogP) is -10.3. The minimum atomic E-state index is -1.91. The quantitative estimate of drug-likeness (QED) is 0.0164. The minimum Gasteiger partial charge on any atom is -0.480 e. The molecule has 0 saturated heterocycles. The standard InChI is InChI=1S/C81H145N29O22/c1-12-42(8)62(110-78(130)64(44(10)14-3)109-74(126)56(38-112)106-76(128)61(41(6)7)107-73(125)55(37-111)99-60(116)35-94-66(118)48(22-16-18-28-83)100-65(117)47(84)21-15-17-27-82)75(127)95-36-59(115)98-49(23-19-29-92-80(87)88)68(120)103-52(31-40(4)5)70(122)104-53(32-46-34-91-39-96-46)72(124)108-63(43(9)13-2)77(129)105-54(33-58(86)114)71(123)102-51(25-26-57(85)113)69(121)101-50(24-20-30-93-81(89)90)67(119)97-45(11)79(131)132/h34,39-45,47-56,61-64,111-112H,12-33,35-38,82-84H2,1-11H3,(H2,85,113)(H2,86,114)(H,91,96)(H,94,118)(H,95,127)(H,97,119)(H,98,115)(H,99,116)(H,100,117)(H,101,121)(H,102,123)(H,103,120)(H,104,122)(H,105,129)(H,106,128)(H,107,125)(H,108,124)(H,109,126)(H,110,130)(H,131,132)(H4,87,88,92)(H4,89,90,93)/t42-,43-,44-,45-,47-,48-,49-,50-,51-,52-,53-,54-,55-,56-,61-,62-,63-,64-/m0/s1. The van der Waals surface area contributed by atoms with E-state index in [-0.39, 0.29) is 101 Å². The van der Waals surface area contributed by atoms with Crippen molar-refractivity contribution in [1.29, 1.82) is 0 Å². The van der Waals surface area contributed by atoms with Gasteiger partial charge in [0.15, 0.2) is 11.9 Å². The molecule has 1 rings (SSSR count). The number of rotatable bonds is 67. The molecule has 51 nitrogen and oxygen atoms in total. The van der Waals surface area contributed by atoms with Crippen molar-refractivity contribution in [2.45, 2.75) is 282 Å². The van der Waals surface area contributed by atoms with Crippen LogP contribution in [0.1, 0.15) is 191 Å². The van der Waals surface area contributed by atoms with Crippen LogP contribution in [-0.4, -0.2) is 293 Å². The second kappa shape index (κ2) is 62.7. The Bertz CT molecular complexity index is 4000. The number of aliphatic hydroxyl groups is 2. The summed E-state index contributed by atoms with van der Waals surface area (Å²) >= 11 is 0. The molecule has 1 heterocycles. The summed E-state index contributed by atoms with van der Waals surface area (Å²) in [4.78, 5) is 275. The largest absolute Gasteiger partial charge is 0.480 e. The van der Waals surface area contributed by atoms with Crippen molar-refractivity contribution in [1.82, 2.24) is 95.0 Å². The fraction of sp³-hybridized carbons (Fsp3) is 0.704. The van der Waals surface area contributed by atoms with E-state index in [1.54, 1.807) is 55.4 Å². The molecule has 0 aromatic carbocycles. The third kappa shape index (κ3) is 45.3. The van der Waals surface area contributed by atoms with Gasteiger partial charge >= 0.3 is 5.97 Å². The lowest BCUT2D eigenvalue weighted by molar-refractivity contribution is -0.142. The Morgan fingerprint density at radius 2 is 0.758 bits per heavy atom. The number of carbonyl (C=O) groups is 19. The van der Waals surface area contributed by atoms with E-state index in [9.17, 15) is 106 Å². The molecule has 51 heteroatoms. The average molecular weight is 1880 g/mol. The molecule has 1 aromatic rings. The van der Waals surface area contributed by atoms with Gasteiger partial charge in [-0.1, -0.05) is 94.9 Å². The summed E-state index contributed by atoms with van der Waals surface area (Å²) in [6, 6.07) is -22.7. The van der Waals surface area contributed by atoms with Crippen molar-refractivity contribution >= 4 is 124 Å². The predicted molar refractivity (Wildman–Crippen MR) is 481 cm³/mol. The molecule has 18 atom stereocenters. The normalized spacial score (nSPS) is 15.2. The fourth-order valence-corrected chi connectivity index (χ4v) is 12.8. The van der Waals surface area contributed by atoms with Gasteiger partial charge in [-0.15, -0.1) is 0 Å². The van der Waals surface area contributed by atoms with Crippen LogP contribution in [0.5, 0.6) is 0 Å². The Balaban J connectivity index is 3.58. The summed E-state index contributed by atoms with van der Waals surface area (Å²) < 4.78 is 0. The average Bonchev–Trinajstić information content (AvgIpc) is 1.35. The van der Waals surface area contributed by atoms with Crippen LogP contribution in [-0.2, 0) is 97.5 Å². The van der Waals surface area contributed by atoms with Crippen molar-refractivity contribution in [2.75, 3.05) is 52.5 Å². The summed E-state index contributed by atoms with van der Waals surface area (Å²) in [6.45, 7) is 14.3. The number of imidazole rings is 1.